The molecule has 2 heteroatoms. The second kappa shape index (κ2) is 30.2. The molecule has 0 aromatic rings. The average molecular weight is 847 g/mol. The first-order chi connectivity index (χ1) is 29.7. The third kappa shape index (κ3) is 18.4. The number of carbonyl (C=O) groups excluding carboxylic acids is 1. The van der Waals surface area contributed by atoms with E-state index in [1.807, 2.05) is 0 Å². The monoisotopic (exact) mass is 847 g/mol. The van der Waals surface area contributed by atoms with Crippen molar-refractivity contribution >= 4 is 5.97 Å². The Morgan fingerprint density at radius 1 is 0.623 bits per heavy atom. The van der Waals surface area contributed by atoms with Gasteiger partial charge in [0.05, 0.1) is 0 Å². The molecule has 4 rings (SSSR count). The van der Waals surface area contributed by atoms with E-state index in [9.17, 15) is 4.79 Å². The van der Waals surface area contributed by atoms with Gasteiger partial charge in [-0.2, -0.15) is 0 Å². The highest BCUT2D eigenvalue weighted by molar-refractivity contribution is 5.69. The van der Waals surface area contributed by atoms with Gasteiger partial charge in [0.2, 0.25) is 0 Å². The summed E-state index contributed by atoms with van der Waals surface area (Å²) in [6.07, 6.45) is 60.2. The zero-order valence-corrected chi connectivity index (χ0v) is 42.2. The van der Waals surface area contributed by atoms with Crippen molar-refractivity contribution in [3.63, 3.8) is 0 Å². The Morgan fingerprint density at radius 2 is 1.15 bits per heavy atom. The third-order valence-electron chi connectivity index (χ3n) is 17.7. The highest BCUT2D eigenvalue weighted by Crippen LogP contribution is 2.67. The molecule has 2 nitrogen and oxygen atoms in total. The Kier molecular flexibility index (Phi) is 26.0. The van der Waals surface area contributed by atoms with Gasteiger partial charge in [-0.25, -0.2) is 0 Å². The van der Waals surface area contributed by atoms with Crippen molar-refractivity contribution in [2.45, 2.75) is 298 Å². The molecule has 0 aliphatic heterocycles. The summed E-state index contributed by atoms with van der Waals surface area (Å²) in [5.74, 6) is 5.33. The van der Waals surface area contributed by atoms with Crippen molar-refractivity contribution in [3.8, 4) is 0 Å². The van der Waals surface area contributed by atoms with Crippen LogP contribution in [0.25, 0.3) is 0 Å². The van der Waals surface area contributed by atoms with Gasteiger partial charge < -0.3 is 4.74 Å². The Morgan fingerprint density at radius 3 is 1.69 bits per heavy atom. The fraction of sp³-hybridized carbons (Fsp3) is 0.915. The second-order valence-corrected chi connectivity index (χ2v) is 22.9. The average Bonchev–Trinajstić information content (AvgIpc) is 3.60. The Labute approximate surface area is 382 Å². The van der Waals surface area contributed by atoms with Crippen LogP contribution in [0.5, 0.6) is 0 Å². The first kappa shape index (κ1) is 52.6. The third-order valence-corrected chi connectivity index (χ3v) is 17.7. The summed E-state index contributed by atoms with van der Waals surface area (Å²) < 4.78 is 6.18. The Bertz CT molecular complexity index is 1200. The van der Waals surface area contributed by atoms with Crippen LogP contribution < -0.4 is 0 Å². The van der Waals surface area contributed by atoms with E-state index in [0.717, 1.165) is 54.8 Å². The fourth-order valence-electron chi connectivity index (χ4n) is 13.8. The zero-order valence-electron chi connectivity index (χ0n) is 42.2. The van der Waals surface area contributed by atoms with E-state index in [4.69, 9.17) is 4.74 Å². The molecule has 61 heavy (non-hydrogen) atoms. The van der Waals surface area contributed by atoms with Gasteiger partial charge in [-0.1, -0.05) is 226 Å². The highest BCUT2D eigenvalue weighted by atomic mass is 16.5. The van der Waals surface area contributed by atoms with Gasteiger partial charge in [0.25, 0.3) is 0 Å². The predicted molar refractivity (Wildman–Crippen MR) is 267 cm³/mol. The molecule has 0 radical (unpaired) electrons. The molecule has 0 aromatic heterocycles. The number of ether oxygens (including phenoxy) is 1. The number of hydrogen-bond donors (Lipinski definition) is 0. The topological polar surface area (TPSA) is 26.3 Å². The molecule has 0 spiro atoms. The smallest absolute Gasteiger partial charge is 0.306 e. The van der Waals surface area contributed by atoms with E-state index in [1.54, 1.807) is 5.57 Å². The van der Waals surface area contributed by atoms with E-state index in [1.165, 1.54) is 225 Å². The maximum Gasteiger partial charge on any atom is 0.306 e. The Balaban J connectivity index is 0.920. The summed E-state index contributed by atoms with van der Waals surface area (Å²) in [4.78, 5) is 12.9. The molecule has 8 atom stereocenters. The number of hydrogen-bond acceptors (Lipinski definition) is 2. The van der Waals surface area contributed by atoms with E-state index < -0.39 is 0 Å². The maximum absolute atomic E-state index is 12.9. The van der Waals surface area contributed by atoms with Crippen LogP contribution in [0.15, 0.2) is 23.8 Å². The lowest BCUT2D eigenvalue weighted by atomic mass is 9.47. The first-order valence-corrected chi connectivity index (χ1v) is 28.2. The molecule has 0 amide bonds. The van der Waals surface area contributed by atoms with Crippen LogP contribution in [-0.4, -0.2) is 12.1 Å². The van der Waals surface area contributed by atoms with Crippen molar-refractivity contribution in [1.29, 1.82) is 0 Å². The summed E-state index contributed by atoms with van der Waals surface area (Å²) >= 11 is 0. The molecule has 4 aliphatic carbocycles. The Hall–Kier alpha value is -1.05. The highest BCUT2D eigenvalue weighted by Gasteiger charge is 2.59. The molecule has 0 heterocycles. The second-order valence-electron chi connectivity index (χ2n) is 22.9. The summed E-state index contributed by atoms with van der Waals surface area (Å²) in [5.41, 5.74) is 2.53. The van der Waals surface area contributed by atoms with Crippen LogP contribution in [0.4, 0.5) is 0 Å². The number of fused-ring (bicyclic) bond motifs is 5. The number of carbonyl (C=O) groups is 1. The lowest BCUT2D eigenvalue weighted by Crippen LogP contribution is -2.51. The first-order valence-electron chi connectivity index (χ1n) is 28.2. The van der Waals surface area contributed by atoms with Crippen molar-refractivity contribution in [2.24, 2.45) is 46.3 Å². The summed E-state index contributed by atoms with van der Waals surface area (Å²) in [6, 6.07) is 0. The number of rotatable bonds is 35. The molecule has 4 aliphatic rings. The van der Waals surface area contributed by atoms with Crippen LogP contribution in [0.2, 0.25) is 0 Å². The lowest BCUT2D eigenvalue weighted by Gasteiger charge is -2.58. The van der Waals surface area contributed by atoms with Crippen LogP contribution in [-0.2, 0) is 9.53 Å². The predicted octanol–water partition coefficient (Wildman–Crippen LogP) is 19.4. The molecule has 0 saturated heterocycles. The minimum Gasteiger partial charge on any atom is -0.462 e. The van der Waals surface area contributed by atoms with Crippen molar-refractivity contribution < 1.29 is 9.53 Å². The van der Waals surface area contributed by atoms with E-state index in [2.05, 4.69) is 59.8 Å². The van der Waals surface area contributed by atoms with Gasteiger partial charge in [0.1, 0.15) is 6.10 Å². The van der Waals surface area contributed by atoms with Gasteiger partial charge in [0.15, 0.2) is 0 Å². The van der Waals surface area contributed by atoms with Gasteiger partial charge in [-0.15, -0.1) is 0 Å². The number of esters is 1. The van der Waals surface area contributed by atoms with E-state index in [-0.39, 0.29) is 12.1 Å². The fourth-order valence-corrected chi connectivity index (χ4v) is 13.8. The van der Waals surface area contributed by atoms with Crippen molar-refractivity contribution in [1.82, 2.24) is 0 Å². The van der Waals surface area contributed by atoms with Gasteiger partial charge in [0, 0.05) is 12.8 Å². The van der Waals surface area contributed by atoms with Crippen LogP contribution in [0, 0.1) is 46.3 Å². The maximum atomic E-state index is 12.9. The summed E-state index contributed by atoms with van der Waals surface area (Å²) in [5, 5.41) is 0. The summed E-state index contributed by atoms with van der Waals surface area (Å²) in [7, 11) is 0. The normalized spacial score (nSPS) is 27.9. The quantitative estimate of drug-likeness (QED) is 0.0361. The van der Waals surface area contributed by atoms with Crippen LogP contribution in [0.3, 0.4) is 0 Å². The van der Waals surface area contributed by atoms with E-state index >= 15 is 0 Å². The SMILES string of the molecule is CCCCCCCCCC/C=C\CCCCCCCCCCCCCCCCCCCC(=O)OC1CCC2(C)C(=CCC3C2CCC2(C)C(C(C)CCCC(C)C)CCC32)C1. The molecular formula is C59H106O2. The molecular weight excluding hydrogens is 741 g/mol. The molecule has 8 unspecified atom stereocenters. The molecule has 0 bridgehead atoms. The van der Waals surface area contributed by atoms with Gasteiger partial charge >= 0.3 is 5.97 Å². The molecule has 3 saturated carbocycles. The van der Waals surface area contributed by atoms with Crippen LogP contribution >= 0.6 is 0 Å². The molecule has 3 fully saturated rings. The van der Waals surface area contributed by atoms with Crippen LogP contribution in [0.1, 0.15) is 292 Å². The lowest BCUT2D eigenvalue weighted by molar-refractivity contribution is -0.151. The minimum atomic E-state index is 0.0681. The minimum absolute atomic E-state index is 0.0681. The summed E-state index contributed by atoms with van der Waals surface area (Å²) in [6.45, 7) is 15.0. The number of allylic oxidation sites excluding steroid dienone is 3. The standard InChI is InChI=1S/C59H106O2/c1-7-8-9-10-11-12-13-14-15-16-17-18-19-20-21-22-23-24-25-26-27-28-29-30-31-32-33-34-35-39-57(60)61-52-44-46-58(5)51(48-52)40-41-53-55-43-42-54(50(4)38-36-37-49(2)3)59(55,6)47-45-56(53)58/h16-17,40,49-50,52-56H,7-15,18-39,41-48H2,1-6H3/b17-16-. The largest absolute Gasteiger partial charge is 0.462 e. The molecule has 0 N–H and O–H groups in total. The van der Waals surface area contributed by atoms with Gasteiger partial charge in [-0.05, 0) is 123 Å². The van der Waals surface area contributed by atoms with Crippen molar-refractivity contribution in [3.05, 3.63) is 23.8 Å². The number of unbranched alkanes of at least 4 members (excludes halogenated alkanes) is 25. The van der Waals surface area contributed by atoms with E-state index in [0.29, 0.717) is 17.3 Å². The van der Waals surface area contributed by atoms with Crippen molar-refractivity contribution in [2.75, 3.05) is 0 Å². The zero-order chi connectivity index (χ0) is 43.6. The molecule has 0 aromatic carbocycles. The van der Waals surface area contributed by atoms with Gasteiger partial charge in [-0.3, -0.25) is 4.79 Å². The molecule has 354 valence electrons.